The van der Waals surface area contributed by atoms with Crippen molar-refractivity contribution in [1.29, 1.82) is 0 Å². The summed E-state index contributed by atoms with van der Waals surface area (Å²) in [6.07, 6.45) is 0.168. The summed E-state index contributed by atoms with van der Waals surface area (Å²) in [6.45, 7) is 3.51. The van der Waals surface area contributed by atoms with Gasteiger partial charge >= 0.3 is 0 Å². The van der Waals surface area contributed by atoms with Crippen molar-refractivity contribution in [3.05, 3.63) is 83.3 Å². The fourth-order valence-electron chi connectivity index (χ4n) is 3.42. The molecule has 3 aromatic rings. The van der Waals surface area contributed by atoms with Crippen molar-refractivity contribution < 1.29 is 9.18 Å². The maximum Gasteiger partial charge on any atom is 0.228 e. The molecule has 1 aliphatic heterocycles. The normalized spacial score (nSPS) is 14.0. The zero-order valence-corrected chi connectivity index (χ0v) is 15.7. The van der Waals surface area contributed by atoms with Gasteiger partial charge < -0.3 is 10.6 Å². The van der Waals surface area contributed by atoms with Crippen molar-refractivity contribution >= 4 is 11.6 Å². The van der Waals surface area contributed by atoms with Crippen LogP contribution in [0, 0.1) is 12.7 Å². The van der Waals surface area contributed by atoms with Crippen LogP contribution in [0.2, 0.25) is 0 Å². The molecule has 0 radical (unpaired) electrons. The van der Waals surface area contributed by atoms with E-state index in [1.807, 2.05) is 4.90 Å². The minimum Gasteiger partial charge on any atom is -0.397 e. The molecule has 0 saturated carbocycles. The molecule has 1 amide bonds. The molecule has 2 heterocycles. The van der Waals surface area contributed by atoms with Gasteiger partial charge in [-0.05, 0) is 48.9 Å². The van der Waals surface area contributed by atoms with Crippen LogP contribution in [0.4, 0.5) is 10.1 Å². The van der Waals surface area contributed by atoms with Crippen molar-refractivity contribution in [2.24, 2.45) is 0 Å². The molecule has 0 spiro atoms. The number of nitrogen functional groups attached to an aromatic ring is 1. The number of nitrogens with zero attached hydrogens (tertiary/aromatic N) is 2. The Morgan fingerprint density at radius 1 is 1.07 bits per heavy atom. The fraction of sp³-hybridized carbons (Fsp3) is 0.217. The highest BCUT2D eigenvalue weighted by Gasteiger charge is 2.31. The number of hydrogen-bond donors (Lipinski definition) is 1. The molecular weight excluding hydrogens is 353 g/mol. The number of anilines is 1. The predicted molar refractivity (Wildman–Crippen MR) is 108 cm³/mol. The van der Waals surface area contributed by atoms with E-state index in [0.29, 0.717) is 23.0 Å². The van der Waals surface area contributed by atoms with E-state index in [0.717, 1.165) is 18.7 Å². The van der Waals surface area contributed by atoms with Gasteiger partial charge in [0.15, 0.2) is 0 Å². The van der Waals surface area contributed by atoms with E-state index in [-0.39, 0.29) is 18.1 Å². The summed E-state index contributed by atoms with van der Waals surface area (Å²) in [5.74, 6) is 0.120. The number of nitrogens with two attached hydrogens (primary N) is 1. The van der Waals surface area contributed by atoms with E-state index in [1.54, 1.807) is 24.3 Å². The number of rotatable bonds is 4. The van der Waals surface area contributed by atoms with E-state index in [1.165, 1.54) is 23.3 Å². The van der Waals surface area contributed by atoms with Crippen molar-refractivity contribution in [3.8, 4) is 11.3 Å². The standard InChI is InChI=1S/C23H22FN3O/c1-15-2-4-16(5-3-15)18-13-27(14-18)23(28)12-22-20(25)10-11-21(26-22)17-6-8-19(24)9-7-17/h2-11,18H,12-14,25H2,1H3. The smallest absolute Gasteiger partial charge is 0.228 e. The Hall–Kier alpha value is -3.21. The Kier molecular flexibility index (Phi) is 4.82. The number of pyridine rings is 1. The molecule has 1 aliphatic rings. The van der Waals surface area contributed by atoms with E-state index in [4.69, 9.17) is 5.73 Å². The Bertz CT molecular complexity index is 993. The second-order valence-corrected chi connectivity index (χ2v) is 7.32. The number of amides is 1. The number of hydrogen-bond acceptors (Lipinski definition) is 3. The van der Waals surface area contributed by atoms with Gasteiger partial charge in [0.05, 0.1) is 23.5 Å². The van der Waals surface area contributed by atoms with Gasteiger partial charge in [-0.1, -0.05) is 29.8 Å². The summed E-state index contributed by atoms with van der Waals surface area (Å²) >= 11 is 0. The highest BCUT2D eigenvalue weighted by Crippen LogP contribution is 2.28. The lowest BCUT2D eigenvalue weighted by molar-refractivity contribution is -0.134. The van der Waals surface area contributed by atoms with Crippen LogP contribution in [-0.4, -0.2) is 28.9 Å². The first kappa shape index (κ1) is 18.2. The van der Waals surface area contributed by atoms with Crippen LogP contribution >= 0.6 is 0 Å². The molecule has 0 unspecified atom stereocenters. The summed E-state index contributed by atoms with van der Waals surface area (Å²) in [7, 11) is 0. The molecule has 0 bridgehead atoms. The van der Waals surface area contributed by atoms with Crippen molar-refractivity contribution in [2.75, 3.05) is 18.8 Å². The first-order valence-corrected chi connectivity index (χ1v) is 9.35. The zero-order valence-electron chi connectivity index (χ0n) is 15.7. The summed E-state index contributed by atoms with van der Waals surface area (Å²) in [6, 6.07) is 18.1. The highest BCUT2D eigenvalue weighted by molar-refractivity contribution is 5.81. The Labute approximate surface area is 163 Å². The third kappa shape index (κ3) is 3.74. The minimum atomic E-state index is -0.296. The third-order valence-corrected chi connectivity index (χ3v) is 5.25. The number of halogens is 1. The van der Waals surface area contributed by atoms with Crippen LogP contribution < -0.4 is 5.73 Å². The molecule has 2 aromatic carbocycles. The summed E-state index contributed by atoms with van der Waals surface area (Å²) in [5, 5.41) is 0. The first-order valence-electron chi connectivity index (χ1n) is 9.35. The lowest BCUT2D eigenvalue weighted by Crippen LogP contribution is -2.49. The van der Waals surface area contributed by atoms with Gasteiger partial charge in [0.1, 0.15) is 5.82 Å². The molecule has 2 N–H and O–H groups in total. The minimum absolute atomic E-state index is 0.0267. The highest BCUT2D eigenvalue weighted by atomic mass is 19.1. The van der Waals surface area contributed by atoms with Crippen LogP contribution in [-0.2, 0) is 11.2 Å². The van der Waals surface area contributed by atoms with Crippen LogP contribution in [0.3, 0.4) is 0 Å². The SMILES string of the molecule is Cc1ccc(C2CN(C(=O)Cc3nc(-c4ccc(F)cc4)ccc3N)C2)cc1. The van der Waals surface area contributed by atoms with Gasteiger partial charge in [-0.15, -0.1) is 0 Å². The number of benzene rings is 2. The number of aromatic nitrogens is 1. The molecule has 4 nitrogen and oxygen atoms in total. The van der Waals surface area contributed by atoms with Crippen LogP contribution in [0.15, 0.2) is 60.7 Å². The van der Waals surface area contributed by atoms with Crippen molar-refractivity contribution in [2.45, 2.75) is 19.3 Å². The van der Waals surface area contributed by atoms with E-state index in [9.17, 15) is 9.18 Å². The molecule has 0 atom stereocenters. The zero-order chi connectivity index (χ0) is 19.7. The molecule has 28 heavy (non-hydrogen) atoms. The number of carbonyl (C=O) groups excluding carboxylic acids is 1. The summed E-state index contributed by atoms with van der Waals surface area (Å²) < 4.78 is 13.1. The van der Waals surface area contributed by atoms with Crippen LogP contribution in [0.25, 0.3) is 11.3 Å². The second kappa shape index (κ2) is 7.43. The lowest BCUT2D eigenvalue weighted by Gasteiger charge is -2.39. The fourth-order valence-corrected chi connectivity index (χ4v) is 3.42. The lowest BCUT2D eigenvalue weighted by atomic mass is 9.90. The molecule has 142 valence electrons. The predicted octanol–water partition coefficient (Wildman–Crippen LogP) is 3.95. The maximum absolute atomic E-state index is 13.1. The Morgan fingerprint density at radius 3 is 2.43 bits per heavy atom. The van der Waals surface area contributed by atoms with Crippen molar-refractivity contribution in [1.82, 2.24) is 9.88 Å². The van der Waals surface area contributed by atoms with Gasteiger partial charge in [-0.25, -0.2) is 4.39 Å². The van der Waals surface area contributed by atoms with Crippen molar-refractivity contribution in [3.63, 3.8) is 0 Å². The summed E-state index contributed by atoms with van der Waals surface area (Å²) in [4.78, 5) is 19.0. The van der Waals surface area contributed by atoms with Gasteiger partial charge in [0.2, 0.25) is 5.91 Å². The monoisotopic (exact) mass is 375 g/mol. The first-order chi connectivity index (χ1) is 13.5. The molecule has 0 aliphatic carbocycles. The maximum atomic E-state index is 13.1. The Balaban J connectivity index is 1.43. The summed E-state index contributed by atoms with van der Waals surface area (Å²) in [5.41, 5.74) is 11.1. The number of likely N-dealkylation sites (tertiary alicyclic amines) is 1. The molecular formula is C23H22FN3O. The molecule has 5 heteroatoms. The quantitative estimate of drug-likeness (QED) is 0.751. The largest absolute Gasteiger partial charge is 0.397 e. The topological polar surface area (TPSA) is 59.2 Å². The third-order valence-electron chi connectivity index (χ3n) is 5.25. The molecule has 4 rings (SSSR count). The Morgan fingerprint density at radius 2 is 1.75 bits per heavy atom. The average molecular weight is 375 g/mol. The molecule has 1 fully saturated rings. The second-order valence-electron chi connectivity index (χ2n) is 7.32. The van der Waals surface area contributed by atoms with E-state index < -0.39 is 0 Å². The van der Waals surface area contributed by atoms with E-state index >= 15 is 0 Å². The molecule has 1 saturated heterocycles. The van der Waals surface area contributed by atoms with Gasteiger partial charge in [-0.2, -0.15) is 0 Å². The molecule has 1 aromatic heterocycles. The van der Waals surface area contributed by atoms with Gasteiger partial charge in [0.25, 0.3) is 0 Å². The number of aryl methyl sites for hydroxylation is 1. The number of carbonyl (C=O) groups is 1. The van der Waals surface area contributed by atoms with Crippen LogP contribution in [0.1, 0.15) is 22.7 Å². The average Bonchev–Trinajstić information content (AvgIpc) is 2.65. The van der Waals surface area contributed by atoms with Gasteiger partial charge in [-0.3, -0.25) is 9.78 Å². The van der Waals surface area contributed by atoms with Gasteiger partial charge in [0, 0.05) is 24.6 Å². The van der Waals surface area contributed by atoms with E-state index in [2.05, 4.69) is 36.2 Å². The van der Waals surface area contributed by atoms with Crippen LogP contribution in [0.5, 0.6) is 0 Å².